The largest absolute Gasteiger partial charge is 0.497 e. The molecule has 2 heterocycles. The topological polar surface area (TPSA) is 133 Å². The lowest BCUT2D eigenvalue weighted by Gasteiger charge is -2.36. The molecule has 2 fully saturated rings. The fourth-order valence-electron chi connectivity index (χ4n) is 4.93. The molecule has 2 aliphatic heterocycles. The van der Waals surface area contributed by atoms with Crippen LogP contribution in [0.5, 0.6) is 5.75 Å². The van der Waals surface area contributed by atoms with Crippen molar-refractivity contribution in [3.63, 3.8) is 0 Å². The molecule has 218 valence electrons. The average molecular weight is 593 g/mol. The number of piperazine rings is 1. The number of carbonyl (C=O) groups excluding carboxylic acids is 2. The van der Waals surface area contributed by atoms with Crippen LogP contribution < -0.4 is 10.1 Å². The van der Waals surface area contributed by atoms with E-state index in [1.807, 2.05) is 6.92 Å². The number of piperidine rings is 1. The zero-order valence-corrected chi connectivity index (χ0v) is 24.6. The van der Waals surface area contributed by atoms with Crippen LogP contribution in [0, 0.1) is 12.8 Å². The molecule has 1 N–H and O–H groups in total. The molecule has 0 unspecified atom stereocenters. The van der Waals surface area contributed by atoms with Crippen molar-refractivity contribution >= 4 is 31.9 Å². The van der Waals surface area contributed by atoms with Gasteiger partial charge in [0.05, 0.1) is 16.9 Å². The van der Waals surface area contributed by atoms with Crippen LogP contribution in [0.2, 0.25) is 0 Å². The van der Waals surface area contributed by atoms with Gasteiger partial charge >= 0.3 is 0 Å². The van der Waals surface area contributed by atoms with Crippen molar-refractivity contribution in [3.05, 3.63) is 54.1 Å². The number of carbonyl (C=O) groups is 2. The Bertz CT molecular complexity index is 1410. The number of rotatable bonds is 8. The van der Waals surface area contributed by atoms with Crippen molar-refractivity contribution in [2.75, 3.05) is 46.4 Å². The average Bonchev–Trinajstić information content (AvgIpc) is 2.97. The van der Waals surface area contributed by atoms with Crippen LogP contribution in [0.15, 0.2) is 58.3 Å². The van der Waals surface area contributed by atoms with Gasteiger partial charge in [0, 0.05) is 45.2 Å². The Kier molecular flexibility index (Phi) is 9.18. The number of sulfonamides is 2. The standard InChI is InChI=1S/C27H36N4O7S2/c1-20-4-8-24(9-5-20)39(34,35)30-14-12-22(13-15-30)26(32)28-21(2)27(33)29-16-18-31(19-17-29)40(36,37)25-10-6-23(38-3)7-11-25/h4-11,21-22H,12-19H2,1-3H3,(H,28,32)/t21-/m0/s1. The molecule has 0 radical (unpaired) electrons. The predicted octanol–water partition coefficient (Wildman–Crippen LogP) is 1.44. The van der Waals surface area contributed by atoms with Gasteiger partial charge in [0.1, 0.15) is 11.8 Å². The molecule has 2 amide bonds. The molecule has 2 saturated heterocycles. The van der Waals surface area contributed by atoms with Gasteiger partial charge in [-0.3, -0.25) is 9.59 Å². The zero-order chi connectivity index (χ0) is 29.1. The SMILES string of the molecule is COc1ccc(S(=O)(=O)N2CCN(C(=O)[C@H](C)NC(=O)C3CCN(S(=O)(=O)c4ccc(C)cc4)CC3)CC2)cc1. The van der Waals surface area contributed by atoms with Crippen molar-refractivity contribution in [1.29, 1.82) is 0 Å². The fourth-order valence-corrected chi connectivity index (χ4v) is 7.82. The Morgan fingerprint density at radius 1 is 0.800 bits per heavy atom. The smallest absolute Gasteiger partial charge is 0.244 e. The summed E-state index contributed by atoms with van der Waals surface area (Å²) in [4.78, 5) is 27.9. The number of methoxy groups -OCH3 is 1. The van der Waals surface area contributed by atoms with E-state index in [-0.39, 0.29) is 60.9 Å². The summed E-state index contributed by atoms with van der Waals surface area (Å²) in [7, 11) is -5.82. The van der Waals surface area contributed by atoms with Crippen molar-refractivity contribution in [3.8, 4) is 5.75 Å². The highest BCUT2D eigenvalue weighted by atomic mass is 32.2. The van der Waals surface area contributed by atoms with Crippen LogP contribution in [0.25, 0.3) is 0 Å². The third kappa shape index (κ3) is 6.48. The minimum atomic E-state index is -3.70. The monoisotopic (exact) mass is 592 g/mol. The van der Waals surface area contributed by atoms with Gasteiger partial charge in [-0.1, -0.05) is 17.7 Å². The maximum absolute atomic E-state index is 13.0. The number of hydrogen-bond acceptors (Lipinski definition) is 7. The second-order valence-electron chi connectivity index (χ2n) is 10.1. The van der Waals surface area contributed by atoms with E-state index in [4.69, 9.17) is 4.74 Å². The van der Waals surface area contributed by atoms with Gasteiger partial charge in [0.15, 0.2) is 0 Å². The summed E-state index contributed by atoms with van der Waals surface area (Å²) in [6.07, 6.45) is 0.722. The first kappa shape index (κ1) is 30.0. The Hall–Kier alpha value is -3.00. The summed E-state index contributed by atoms with van der Waals surface area (Å²) in [6, 6.07) is 12.1. The van der Waals surface area contributed by atoms with Gasteiger partial charge in [0.2, 0.25) is 31.9 Å². The van der Waals surface area contributed by atoms with Gasteiger partial charge in [-0.05, 0) is 63.1 Å². The van der Waals surface area contributed by atoms with Crippen LogP contribution in [-0.4, -0.2) is 94.6 Å². The lowest BCUT2D eigenvalue weighted by Crippen LogP contribution is -2.55. The van der Waals surface area contributed by atoms with Gasteiger partial charge in [-0.2, -0.15) is 8.61 Å². The number of nitrogens with zero attached hydrogens (tertiary/aromatic N) is 3. The molecule has 13 heteroatoms. The molecule has 40 heavy (non-hydrogen) atoms. The van der Waals surface area contributed by atoms with Gasteiger partial charge < -0.3 is 15.0 Å². The number of benzene rings is 2. The molecule has 2 aromatic rings. The summed E-state index contributed by atoms with van der Waals surface area (Å²) in [5.74, 6) is -0.405. The first-order valence-corrected chi connectivity index (χ1v) is 16.1. The van der Waals surface area contributed by atoms with Crippen LogP contribution in [0.1, 0.15) is 25.3 Å². The Labute approximate surface area is 236 Å². The zero-order valence-electron chi connectivity index (χ0n) is 22.9. The minimum absolute atomic E-state index is 0.148. The van der Waals surface area contributed by atoms with Gasteiger partial charge in [0.25, 0.3) is 0 Å². The van der Waals surface area contributed by atoms with E-state index in [0.29, 0.717) is 18.6 Å². The van der Waals surface area contributed by atoms with E-state index in [0.717, 1.165) is 5.56 Å². The first-order chi connectivity index (χ1) is 18.9. The highest BCUT2D eigenvalue weighted by Gasteiger charge is 2.35. The third-order valence-corrected chi connectivity index (χ3v) is 11.3. The molecule has 0 aliphatic carbocycles. The van der Waals surface area contributed by atoms with Crippen molar-refractivity contribution in [1.82, 2.24) is 18.8 Å². The molecule has 0 spiro atoms. The summed E-state index contributed by atoms with van der Waals surface area (Å²) >= 11 is 0. The molecule has 0 saturated carbocycles. The molecule has 1 atom stereocenters. The second-order valence-corrected chi connectivity index (χ2v) is 14.0. The highest BCUT2D eigenvalue weighted by Crippen LogP contribution is 2.25. The maximum Gasteiger partial charge on any atom is 0.244 e. The highest BCUT2D eigenvalue weighted by molar-refractivity contribution is 7.89. The molecule has 4 rings (SSSR count). The molecule has 2 aromatic carbocycles. The summed E-state index contributed by atoms with van der Waals surface area (Å²) in [6.45, 7) is 4.66. The number of hydrogen-bond donors (Lipinski definition) is 1. The Morgan fingerprint density at radius 2 is 1.27 bits per heavy atom. The molecule has 0 aromatic heterocycles. The normalized spacial score (nSPS) is 18.7. The molecule has 2 aliphatic rings. The fraction of sp³-hybridized carbons (Fsp3) is 0.481. The van der Waals surface area contributed by atoms with E-state index in [1.165, 1.54) is 27.9 Å². The number of aryl methyl sites for hydroxylation is 1. The summed E-state index contributed by atoms with van der Waals surface area (Å²) < 4.78 is 59.7. The second kappa shape index (κ2) is 12.2. The van der Waals surface area contributed by atoms with E-state index in [2.05, 4.69) is 5.32 Å². The molecule has 0 bridgehead atoms. The van der Waals surface area contributed by atoms with Crippen molar-refractivity contribution < 1.29 is 31.2 Å². The van der Waals surface area contributed by atoms with E-state index < -0.39 is 32.0 Å². The van der Waals surface area contributed by atoms with Gasteiger partial charge in [-0.25, -0.2) is 16.8 Å². The van der Waals surface area contributed by atoms with E-state index >= 15 is 0 Å². The lowest BCUT2D eigenvalue weighted by atomic mass is 9.97. The van der Waals surface area contributed by atoms with Crippen molar-refractivity contribution in [2.45, 2.75) is 42.5 Å². The number of amides is 2. The Morgan fingerprint density at radius 3 is 1.77 bits per heavy atom. The molecular formula is C27H36N4O7S2. The first-order valence-electron chi connectivity index (χ1n) is 13.2. The number of nitrogens with one attached hydrogen (secondary N) is 1. The van der Waals surface area contributed by atoms with Gasteiger partial charge in [-0.15, -0.1) is 0 Å². The van der Waals surface area contributed by atoms with Crippen LogP contribution in [0.4, 0.5) is 0 Å². The summed E-state index contributed by atoms with van der Waals surface area (Å²) in [5.41, 5.74) is 0.971. The van der Waals surface area contributed by atoms with E-state index in [1.54, 1.807) is 48.2 Å². The minimum Gasteiger partial charge on any atom is -0.497 e. The predicted molar refractivity (Wildman–Crippen MR) is 149 cm³/mol. The Balaban J connectivity index is 1.26. The van der Waals surface area contributed by atoms with Crippen LogP contribution in [-0.2, 0) is 29.6 Å². The van der Waals surface area contributed by atoms with Crippen molar-refractivity contribution in [2.24, 2.45) is 5.92 Å². The molecule has 11 nitrogen and oxygen atoms in total. The lowest BCUT2D eigenvalue weighted by molar-refractivity contribution is -0.138. The van der Waals surface area contributed by atoms with Crippen LogP contribution >= 0.6 is 0 Å². The van der Waals surface area contributed by atoms with E-state index in [9.17, 15) is 26.4 Å². The van der Waals surface area contributed by atoms with Crippen LogP contribution in [0.3, 0.4) is 0 Å². The quantitative estimate of drug-likeness (QED) is 0.491. The molecular weight excluding hydrogens is 556 g/mol. The maximum atomic E-state index is 13.0. The number of ether oxygens (including phenoxy) is 1. The summed E-state index contributed by atoms with van der Waals surface area (Å²) in [5, 5.41) is 2.77. The third-order valence-electron chi connectivity index (χ3n) is 7.46.